The second-order valence-electron chi connectivity index (χ2n) is 2.48. The Bertz CT molecular complexity index is 95.6. The molecule has 0 N–H and O–H groups in total. The van der Waals surface area contributed by atoms with Crippen molar-refractivity contribution in [1.82, 2.24) is 9.80 Å². The Morgan fingerprint density at radius 3 is 2.30 bits per heavy atom. The fourth-order valence-electron chi connectivity index (χ4n) is 0.539. The van der Waals surface area contributed by atoms with Gasteiger partial charge in [0.05, 0.1) is 0 Å². The van der Waals surface area contributed by atoms with Gasteiger partial charge >= 0.3 is 0 Å². The summed E-state index contributed by atoms with van der Waals surface area (Å²) in [4.78, 5) is 13.9. The van der Waals surface area contributed by atoms with E-state index < -0.39 is 0 Å². The van der Waals surface area contributed by atoms with Crippen LogP contribution in [0.5, 0.6) is 0 Å². The highest BCUT2D eigenvalue weighted by Gasteiger charge is 1.95. The van der Waals surface area contributed by atoms with Gasteiger partial charge < -0.3 is 9.80 Å². The van der Waals surface area contributed by atoms with Gasteiger partial charge in [-0.05, 0) is 13.6 Å². The first-order valence-corrected chi connectivity index (χ1v) is 3.54. The SMILES string of the molecule is CCN(C)CCN(C)C=O. The maximum Gasteiger partial charge on any atom is 0.209 e. The standard InChI is InChI=1S/C7H16N2O/c1-4-8(2)5-6-9(3)7-10/h7H,4-6H2,1-3H3. The van der Waals surface area contributed by atoms with Gasteiger partial charge in [-0.3, -0.25) is 4.79 Å². The van der Waals surface area contributed by atoms with Crippen molar-refractivity contribution in [3.63, 3.8) is 0 Å². The smallest absolute Gasteiger partial charge is 0.209 e. The van der Waals surface area contributed by atoms with Crippen LogP contribution in [-0.2, 0) is 4.79 Å². The quantitative estimate of drug-likeness (QED) is 0.508. The van der Waals surface area contributed by atoms with Gasteiger partial charge in [-0.1, -0.05) is 6.92 Å². The highest BCUT2D eigenvalue weighted by Crippen LogP contribution is 1.81. The minimum absolute atomic E-state index is 0.813. The molecule has 0 bridgehead atoms. The van der Waals surface area contributed by atoms with E-state index in [1.165, 1.54) is 0 Å². The molecule has 0 rings (SSSR count). The van der Waals surface area contributed by atoms with E-state index in [0.29, 0.717) is 0 Å². The molecule has 60 valence electrons. The first-order valence-electron chi connectivity index (χ1n) is 3.54. The predicted octanol–water partition coefficient (Wildman–Crippen LogP) is 0.0263. The van der Waals surface area contributed by atoms with E-state index in [2.05, 4.69) is 11.8 Å². The van der Waals surface area contributed by atoms with Crippen LogP contribution >= 0.6 is 0 Å². The molecule has 1 amide bonds. The van der Waals surface area contributed by atoms with Crippen molar-refractivity contribution in [3.05, 3.63) is 0 Å². The first-order chi connectivity index (χ1) is 4.70. The van der Waals surface area contributed by atoms with Crippen molar-refractivity contribution >= 4 is 6.41 Å². The minimum Gasteiger partial charge on any atom is -0.347 e. The number of carbonyl (C=O) groups is 1. The van der Waals surface area contributed by atoms with Crippen LogP contribution < -0.4 is 0 Å². The van der Waals surface area contributed by atoms with E-state index in [9.17, 15) is 4.79 Å². The van der Waals surface area contributed by atoms with E-state index in [0.717, 1.165) is 26.0 Å². The zero-order chi connectivity index (χ0) is 7.98. The third-order valence-electron chi connectivity index (χ3n) is 1.55. The Labute approximate surface area is 62.6 Å². The molecule has 3 nitrogen and oxygen atoms in total. The number of likely N-dealkylation sites (N-methyl/N-ethyl adjacent to an activating group) is 2. The average molecular weight is 144 g/mol. The van der Waals surface area contributed by atoms with Gasteiger partial charge in [-0.15, -0.1) is 0 Å². The molecule has 3 heteroatoms. The molecule has 0 saturated carbocycles. The largest absolute Gasteiger partial charge is 0.347 e. The fraction of sp³-hybridized carbons (Fsp3) is 0.857. The number of nitrogens with zero attached hydrogens (tertiary/aromatic N) is 2. The Hall–Kier alpha value is -0.570. The Kier molecular flexibility index (Phi) is 4.94. The zero-order valence-electron chi connectivity index (χ0n) is 7.00. The van der Waals surface area contributed by atoms with Crippen LogP contribution in [0, 0.1) is 0 Å². The molecule has 0 fully saturated rings. The van der Waals surface area contributed by atoms with Gasteiger partial charge in [-0.25, -0.2) is 0 Å². The molecular weight excluding hydrogens is 128 g/mol. The molecule has 0 heterocycles. The summed E-state index contributed by atoms with van der Waals surface area (Å²) in [5, 5.41) is 0. The lowest BCUT2D eigenvalue weighted by Gasteiger charge is -2.16. The fourth-order valence-corrected chi connectivity index (χ4v) is 0.539. The molecule has 0 radical (unpaired) electrons. The van der Waals surface area contributed by atoms with Crippen LogP contribution in [0.1, 0.15) is 6.92 Å². The number of rotatable bonds is 5. The number of hydrogen-bond donors (Lipinski definition) is 0. The summed E-state index contributed by atoms with van der Waals surface area (Å²) in [6.07, 6.45) is 0.851. The van der Waals surface area contributed by atoms with Gasteiger partial charge in [0, 0.05) is 20.1 Å². The molecule has 10 heavy (non-hydrogen) atoms. The molecule has 0 aromatic rings. The van der Waals surface area contributed by atoms with E-state index >= 15 is 0 Å². The van der Waals surface area contributed by atoms with E-state index in [4.69, 9.17) is 0 Å². The second kappa shape index (κ2) is 5.23. The van der Waals surface area contributed by atoms with Crippen molar-refractivity contribution in [1.29, 1.82) is 0 Å². The Balaban J connectivity index is 3.25. The Morgan fingerprint density at radius 1 is 1.30 bits per heavy atom. The lowest BCUT2D eigenvalue weighted by molar-refractivity contribution is -0.117. The molecular formula is C7H16N2O. The zero-order valence-corrected chi connectivity index (χ0v) is 7.00. The van der Waals surface area contributed by atoms with E-state index in [1.807, 2.05) is 7.05 Å². The lowest BCUT2D eigenvalue weighted by Crippen LogP contribution is -2.29. The average Bonchev–Trinajstić information content (AvgIpc) is 1.99. The van der Waals surface area contributed by atoms with Gasteiger partial charge in [0.1, 0.15) is 0 Å². The first kappa shape index (κ1) is 9.43. The topological polar surface area (TPSA) is 23.6 Å². The molecule has 0 saturated heterocycles. The second-order valence-corrected chi connectivity index (χ2v) is 2.48. The van der Waals surface area contributed by atoms with Crippen LogP contribution in [0.2, 0.25) is 0 Å². The van der Waals surface area contributed by atoms with Crippen LogP contribution in [0.25, 0.3) is 0 Å². The highest BCUT2D eigenvalue weighted by molar-refractivity contribution is 5.46. The maximum atomic E-state index is 10.1. The van der Waals surface area contributed by atoms with Crippen molar-refractivity contribution < 1.29 is 4.79 Å². The monoisotopic (exact) mass is 144 g/mol. The van der Waals surface area contributed by atoms with Crippen molar-refractivity contribution in [2.24, 2.45) is 0 Å². The highest BCUT2D eigenvalue weighted by atomic mass is 16.1. The van der Waals surface area contributed by atoms with Crippen molar-refractivity contribution in [3.8, 4) is 0 Å². The Morgan fingerprint density at radius 2 is 1.90 bits per heavy atom. The molecule has 0 atom stereocenters. The molecule has 0 aliphatic rings. The number of hydrogen-bond acceptors (Lipinski definition) is 2. The van der Waals surface area contributed by atoms with Gasteiger partial charge in [0.25, 0.3) is 0 Å². The summed E-state index contributed by atoms with van der Waals surface area (Å²) in [6.45, 7) is 4.90. The molecule has 0 aliphatic heterocycles. The minimum atomic E-state index is 0.813. The molecule has 0 spiro atoms. The third-order valence-corrected chi connectivity index (χ3v) is 1.55. The van der Waals surface area contributed by atoms with E-state index in [-0.39, 0.29) is 0 Å². The van der Waals surface area contributed by atoms with Gasteiger partial charge in [0.2, 0.25) is 6.41 Å². The van der Waals surface area contributed by atoms with Crippen LogP contribution in [0.4, 0.5) is 0 Å². The molecule has 0 unspecified atom stereocenters. The van der Waals surface area contributed by atoms with Crippen LogP contribution in [0.15, 0.2) is 0 Å². The van der Waals surface area contributed by atoms with Crippen LogP contribution in [-0.4, -0.2) is 49.9 Å². The van der Waals surface area contributed by atoms with Gasteiger partial charge in [-0.2, -0.15) is 0 Å². The predicted molar refractivity (Wildman–Crippen MR) is 41.9 cm³/mol. The van der Waals surface area contributed by atoms with Crippen LogP contribution in [0.3, 0.4) is 0 Å². The third kappa shape index (κ3) is 4.32. The summed E-state index contributed by atoms with van der Waals surface area (Å²) in [7, 11) is 3.83. The van der Waals surface area contributed by atoms with Crippen molar-refractivity contribution in [2.75, 3.05) is 33.7 Å². The number of carbonyl (C=O) groups excluding carboxylic acids is 1. The summed E-state index contributed by atoms with van der Waals surface area (Å²) in [5.41, 5.74) is 0. The molecule has 0 aromatic heterocycles. The summed E-state index contributed by atoms with van der Waals surface area (Å²) in [6, 6.07) is 0. The summed E-state index contributed by atoms with van der Waals surface area (Å²) in [5.74, 6) is 0. The normalized spacial score (nSPS) is 10.0. The van der Waals surface area contributed by atoms with Gasteiger partial charge in [0.15, 0.2) is 0 Å². The lowest BCUT2D eigenvalue weighted by atomic mass is 10.5. The summed E-state index contributed by atoms with van der Waals surface area (Å²) < 4.78 is 0. The van der Waals surface area contributed by atoms with Crippen molar-refractivity contribution in [2.45, 2.75) is 6.92 Å². The number of amides is 1. The molecule has 0 aromatic carbocycles. The van der Waals surface area contributed by atoms with E-state index in [1.54, 1.807) is 11.9 Å². The maximum absolute atomic E-state index is 10.1. The summed E-state index contributed by atoms with van der Waals surface area (Å²) >= 11 is 0. The molecule has 0 aliphatic carbocycles.